The smallest absolute Gasteiger partial charge is 0.254 e. The molecule has 2 aromatic rings. The number of benzene rings is 2. The molecule has 1 aliphatic heterocycles. The van der Waals surface area contributed by atoms with Crippen LogP contribution in [0.4, 0.5) is 5.69 Å². The Morgan fingerprint density at radius 1 is 0.828 bits per heavy atom. The fourth-order valence-electron chi connectivity index (χ4n) is 3.87. The van der Waals surface area contributed by atoms with E-state index < -0.39 is 0 Å². The van der Waals surface area contributed by atoms with E-state index >= 15 is 0 Å². The lowest BCUT2D eigenvalue weighted by Gasteiger charge is -2.28. The first-order chi connectivity index (χ1) is 14.1. The van der Waals surface area contributed by atoms with Crippen LogP contribution in [0.15, 0.2) is 53.0 Å². The summed E-state index contributed by atoms with van der Waals surface area (Å²) < 4.78 is 0.960. The molecule has 5 heteroatoms. The van der Waals surface area contributed by atoms with Gasteiger partial charge >= 0.3 is 0 Å². The summed E-state index contributed by atoms with van der Waals surface area (Å²) in [7, 11) is 0. The van der Waals surface area contributed by atoms with E-state index in [-0.39, 0.29) is 11.8 Å². The van der Waals surface area contributed by atoms with Gasteiger partial charge in [-0.05, 0) is 48.7 Å². The maximum Gasteiger partial charge on any atom is 0.254 e. The number of carbonyl (C=O) groups excluding carboxylic acids is 2. The summed E-state index contributed by atoms with van der Waals surface area (Å²) >= 11 is 3.44. The second-order valence-electron chi connectivity index (χ2n) is 7.65. The number of hydrogen-bond acceptors (Lipinski definition) is 2. The average Bonchev–Trinajstić information content (AvgIpc) is 2.73. The molecule has 4 nitrogen and oxygen atoms in total. The van der Waals surface area contributed by atoms with Crippen LogP contribution >= 0.6 is 15.9 Å². The maximum atomic E-state index is 13.3. The molecule has 0 fully saturated rings. The van der Waals surface area contributed by atoms with Gasteiger partial charge in [0.05, 0.1) is 0 Å². The number of nitrogens with zero attached hydrogens (tertiary/aromatic N) is 2. The Bertz CT molecular complexity index is 835. The summed E-state index contributed by atoms with van der Waals surface area (Å²) in [6, 6.07) is 15.5. The number of rotatable bonds is 1. The molecule has 2 amide bonds. The monoisotopic (exact) mass is 456 g/mol. The predicted molar refractivity (Wildman–Crippen MR) is 121 cm³/mol. The summed E-state index contributed by atoms with van der Waals surface area (Å²) in [4.78, 5) is 29.4. The van der Waals surface area contributed by atoms with Crippen LogP contribution in [0.5, 0.6) is 0 Å². The van der Waals surface area contributed by atoms with Crippen molar-refractivity contribution in [1.29, 1.82) is 0 Å². The fraction of sp³-hybridized carbons (Fsp3) is 0.417. The third-order valence-corrected chi connectivity index (χ3v) is 5.99. The van der Waals surface area contributed by atoms with Crippen molar-refractivity contribution < 1.29 is 9.59 Å². The standard InChI is InChI=1S/C24H29BrN2O2/c1-19(28)27-17-9-5-3-2-4-8-16-26(18-21-10-6-7-11-23(21)27)24(29)20-12-14-22(25)15-13-20/h6-7,10-15H,2-5,8-9,16-18H2,1H3. The van der Waals surface area contributed by atoms with Crippen LogP contribution in [-0.4, -0.2) is 29.8 Å². The molecule has 0 bridgehead atoms. The molecule has 0 aliphatic carbocycles. The molecule has 0 saturated heterocycles. The highest BCUT2D eigenvalue weighted by Gasteiger charge is 2.21. The summed E-state index contributed by atoms with van der Waals surface area (Å²) in [6.07, 6.45) is 6.62. The molecular weight excluding hydrogens is 428 g/mol. The molecule has 0 saturated carbocycles. The Hall–Kier alpha value is -2.14. The van der Waals surface area contributed by atoms with Crippen molar-refractivity contribution in [2.24, 2.45) is 0 Å². The second kappa shape index (κ2) is 10.6. The number of anilines is 1. The van der Waals surface area contributed by atoms with Gasteiger partial charge in [-0.15, -0.1) is 0 Å². The average molecular weight is 457 g/mol. The minimum Gasteiger partial charge on any atom is -0.334 e. The van der Waals surface area contributed by atoms with Gasteiger partial charge in [-0.1, -0.05) is 59.8 Å². The van der Waals surface area contributed by atoms with Crippen molar-refractivity contribution in [3.8, 4) is 0 Å². The van der Waals surface area contributed by atoms with E-state index in [4.69, 9.17) is 0 Å². The first kappa shape index (κ1) is 21.6. The molecule has 3 rings (SSSR count). The van der Waals surface area contributed by atoms with E-state index in [1.54, 1.807) is 6.92 Å². The highest BCUT2D eigenvalue weighted by atomic mass is 79.9. The van der Waals surface area contributed by atoms with Gasteiger partial charge in [0.1, 0.15) is 0 Å². The first-order valence-electron chi connectivity index (χ1n) is 10.5. The zero-order valence-electron chi connectivity index (χ0n) is 17.1. The highest BCUT2D eigenvalue weighted by Crippen LogP contribution is 2.25. The molecule has 154 valence electrons. The quantitative estimate of drug-likeness (QED) is 0.543. The number of hydrogen-bond donors (Lipinski definition) is 0. The van der Waals surface area contributed by atoms with Gasteiger partial charge in [-0.2, -0.15) is 0 Å². The van der Waals surface area contributed by atoms with Crippen molar-refractivity contribution >= 4 is 33.4 Å². The molecule has 0 spiro atoms. The molecule has 0 atom stereocenters. The third kappa shape index (κ3) is 5.92. The van der Waals surface area contributed by atoms with E-state index in [1.165, 1.54) is 12.8 Å². The molecular formula is C24H29BrN2O2. The zero-order valence-corrected chi connectivity index (χ0v) is 18.7. The van der Waals surface area contributed by atoms with Crippen LogP contribution in [0.1, 0.15) is 61.4 Å². The molecule has 29 heavy (non-hydrogen) atoms. The SMILES string of the molecule is CC(=O)N1CCCCCCCCN(C(=O)c2ccc(Br)cc2)Cc2ccccc21. The van der Waals surface area contributed by atoms with Crippen molar-refractivity contribution in [3.63, 3.8) is 0 Å². The fourth-order valence-corrected chi connectivity index (χ4v) is 4.13. The third-order valence-electron chi connectivity index (χ3n) is 5.46. The number of amides is 2. The second-order valence-corrected chi connectivity index (χ2v) is 8.57. The van der Waals surface area contributed by atoms with Crippen LogP contribution in [0.3, 0.4) is 0 Å². The van der Waals surface area contributed by atoms with Crippen molar-refractivity contribution in [2.75, 3.05) is 18.0 Å². The Kier molecular flexibility index (Phi) is 7.87. The molecule has 0 N–H and O–H groups in total. The van der Waals surface area contributed by atoms with E-state index in [1.807, 2.05) is 58.3 Å². The molecule has 1 aliphatic rings. The van der Waals surface area contributed by atoms with E-state index in [9.17, 15) is 9.59 Å². The Morgan fingerprint density at radius 3 is 2.14 bits per heavy atom. The van der Waals surface area contributed by atoms with E-state index in [2.05, 4.69) is 15.9 Å². The maximum absolute atomic E-state index is 13.3. The summed E-state index contributed by atoms with van der Waals surface area (Å²) in [5, 5.41) is 0. The molecule has 0 unspecified atom stereocenters. The van der Waals surface area contributed by atoms with E-state index in [0.717, 1.165) is 54.5 Å². The lowest BCUT2D eigenvalue weighted by Crippen LogP contribution is -2.34. The Labute approximate surface area is 182 Å². The van der Waals surface area contributed by atoms with Crippen molar-refractivity contribution in [2.45, 2.75) is 52.0 Å². The minimum atomic E-state index is 0.0385. The van der Waals surface area contributed by atoms with Crippen LogP contribution in [0.25, 0.3) is 0 Å². The van der Waals surface area contributed by atoms with Crippen molar-refractivity contribution in [1.82, 2.24) is 4.90 Å². The van der Waals surface area contributed by atoms with Crippen LogP contribution in [-0.2, 0) is 11.3 Å². The molecule has 2 aromatic carbocycles. The number of carbonyl (C=O) groups is 2. The molecule has 0 aromatic heterocycles. The summed E-state index contributed by atoms with van der Waals surface area (Å²) in [5.74, 6) is 0.0923. The number of para-hydroxylation sites is 1. The first-order valence-corrected chi connectivity index (χ1v) is 11.3. The highest BCUT2D eigenvalue weighted by molar-refractivity contribution is 9.10. The number of halogens is 1. The van der Waals surface area contributed by atoms with Gasteiger partial charge in [0.2, 0.25) is 5.91 Å². The van der Waals surface area contributed by atoms with Gasteiger partial charge in [0.25, 0.3) is 5.91 Å². The minimum absolute atomic E-state index is 0.0385. The summed E-state index contributed by atoms with van der Waals surface area (Å²) in [6.45, 7) is 3.59. The Morgan fingerprint density at radius 2 is 1.45 bits per heavy atom. The topological polar surface area (TPSA) is 40.6 Å². The molecule has 1 heterocycles. The van der Waals surface area contributed by atoms with Gasteiger partial charge in [-0.3, -0.25) is 9.59 Å². The van der Waals surface area contributed by atoms with Crippen molar-refractivity contribution in [3.05, 3.63) is 64.1 Å². The van der Waals surface area contributed by atoms with Gasteiger partial charge < -0.3 is 9.80 Å². The lowest BCUT2D eigenvalue weighted by molar-refractivity contribution is -0.116. The van der Waals surface area contributed by atoms with E-state index in [0.29, 0.717) is 12.1 Å². The lowest BCUT2D eigenvalue weighted by atomic mass is 10.1. The number of fused-ring (bicyclic) bond motifs is 1. The molecule has 0 radical (unpaired) electrons. The predicted octanol–water partition coefficient (Wildman–Crippen LogP) is 5.80. The zero-order chi connectivity index (χ0) is 20.6. The van der Waals surface area contributed by atoms with Gasteiger partial charge in [-0.25, -0.2) is 0 Å². The van der Waals surface area contributed by atoms with Crippen LogP contribution < -0.4 is 4.90 Å². The normalized spacial score (nSPS) is 16.2. The van der Waals surface area contributed by atoms with Crippen LogP contribution in [0, 0.1) is 0 Å². The Balaban J connectivity index is 1.92. The summed E-state index contributed by atoms with van der Waals surface area (Å²) in [5.41, 5.74) is 2.64. The van der Waals surface area contributed by atoms with Gasteiger partial charge in [0.15, 0.2) is 0 Å². The largest absolute Gasteiger partial charge is 0.334 e. The van der Waals surface area contributed by atoms with Gasteiger partial charge in [0, 0.05) is 42.3 Å². The van der Waals surface area contributed by atoms with Crippen LogP contribution in [0.2, 0.25) is 0 Å².